The molecule has 0 saturated heterocycles. The Bertz CT molecular complexity index is 130. The van der Waals surface area contributed by atoms with Crippen LogP contribution in [0.25, 0.3) is 0 Å². The molecule has 0 amide bonds. The second kappa shape index (κ2) is 5.56. The van der Waals surface area contributed by atoms with Crippen molar-refractivity contribution in [3.05, 3.63) is 0 Å². The summed E-state index contributed by atoms with van der Waals surface area (Å²) in [4.78, 5) is 0. The van der Waals surface area contributed by atoms with E-state index in [1.54, 1.807) is 7.11 Å². The van der Waals surface area contributed by atoms with Crippen molar-refractivity contribution in [1.29, 1.82) is 0 Å². The van der Waals surface area contributed by atoms with Crippen LogP contribution in [0.4, 0.5) is 0 Å². The van der Waals surface area contributed by atoms with Gasteiger partial charge in [0.25, 0.3) is 0 Å². The van der Waals surface area contributed by atoms with Crippen LogP contribution in [0, 0.1) is 5.92 Å². The van der Waals surface area contributed by atoms with Gasteiger partial charge in [0, 0.05) is 0 Å². The predicted octanol–water partition coefficient (Wildman–Crippen LogP) is 1.71. The minimum absolute atomic E-state index is 0.0661. The SMILES string of the molecule is CO[C@@H]1CCC[C@@H](O)[C@@H]1[CH2][Hg][CH3]. The molecule has 1 N–H and O–H groups in total. The average molecular weight is 359 g/mol. The van der Waals surface area contributed by atoms with Crippen LogP contribution in [-0.2, 0) is 29.3 Å². The number of ether oxygens (including phenoxy) is 1. The first-order valence-electron chi connectivity index (χ1n) is 5.00. The first-order valence-corrected chi connectivity index (χ1v) is 14.4. The van der Waals surface area contributed by atoms with E-state index in [9.17, 15) is 5.11 Å². The molecule has 0 aromatic carbocycles. The Balaban J connectivity index is 2.47. The third-order valence-electron chi connectivity index (χ3n) is 2.89. The second-order valence-corrected chi connectivity index (χ2v) is 9.86. The van der Waals surface area contributed by atoms with Crippen LogP contribution in [-0.4, -0.2) is 24.4 Å². The van der Waals surface area contributed by atoms with Crippen molar-refractivity contribution in [2.45, 2.75) is 39.8 Å². The Morgan fingerprint density at radius 3 is 2.83 bits per heavy atom. The van der Waals surface area contributed by atoms with Crippen molar-refractivity contribution in [3.8, 4) is 0 Å². The van der Waals surface area contributed by atoms with E-state index in [4.69, 9.17) is 4.74 Å². The van der Waals surface area contributed by atoms with E-state index in [1.807, 2.05) is 0 Å². The van der Waals surface area contributed by atoms with Gasteiger partial charge in [-0.15, -0.1) is 0 Å². The van der Waals surface area contributed by atoms with Gasteiger partial charge in [0.05, 0.1) is 0 Å². The van der Waals surface area contributed by atoms with E-state index in [2.05, 4.69) is 4.43 Å². The second-order valence-electron chi connectivity index (χ2n) is 3.72. The van der Waals surface area contributed by atoms with Gasteiger partial charge in [-0.2, -0.15) is 0 Å². The fourth-order valence-corrected chi connectivity index (χ4v) is 7.74. The molecule has 0 spiro atoms. The number of hydrogen-bond donors (Lipinski definition) is 1. The predicted molar refractivity (Wildman–Crippen MR) is 44.8 cm³/mol. The van der Waals surface area contributed by atoms with Gasteiger partial charge in [-0.3, -0.25) is 0 Å². The summed E-state index contributed by atoms with van der Waals surface area (Å²) in [5.74, 6) is 0.482. The van der Waals surface area contributed by atoms with Crippen molar-refractivity contribution in [3.63, 3.8) is 0 Å². The molecule has 1 aliphatic carbocycles. The summed E-state index contributed by atoms with van der Waals surface area (Å²) in [6, 6.07) is 0. The molecule has 2 nitrogen and oxygen atoms in total. The Morgan fingerprint density at radius 1 is 1.50 bits per heavy atom. The molecule has 0 aliphatic heterocycles. The van der Waals surface area contributed by atoms with Crippen LogP contribution in [0.15, 0.2) is 0 Å². The van der Waals surface area contributed by atoms with E-state index < -0.39 is 24.6 Å². The Labute approximate surface area is 87.1 Å². The third kappa shape index (κ3) is 2.67. The molecular formula is C9H18HgO2. The van der Waals surface area contributed by atoms with Crippen molar-refractivity contribution < 1.29 is 34.4 Å². The van der Waals surface area contributed by atoms with E-state index >= 15 is 0 Å². The van der Waals surface area contributed by atoms with E-state index in [0.29, 0.717) is 12.0 Å². The summed E-state index contributed by atoms with van der Waals surface area (Å²) in [7, 11) is 1.78. The van der Waals surface area contributed by atoms with E-state index in [1.165, 1.54) is 3.93 Å². The molecule has 3 heteroatoms. The Morgan fingerprint density at radius 2 is 2.25 bits per heavy atom. The zero-order chi connectivity index (χ0) is 8.97. The van der Waals surface area contributed by atoms with Gasteiger partial charge in [-0.25, -0.2) is 0 Å². The van der Waals surface area contributed by atoms with Crippen LogP contribution < -0.4 is 0 Å². The molecule has 0 aromatic heterocycles. The minimum atomic E-state index is -0.594. The Kier molecular flexibility index (Phi) is 5.06. The molecule has 1 saturated carbocycles. The topological polar surface area (TPSA) is 29.5 Å². The molecule has 0 heterocycles. The third-order valence-corrected chi connectivity index (χ3v) is 7.72. The summed E-state index contributed by atoms with van der Waals surface area (Å²) in [5, 5.41) is 9.76. The number of hydrogen-bond acceptors (Lipinski definition) is 2. The summed E-state index contributed by atoms with van der Waals surface area (Å²) in [5.41, 5.74) is 0. The molecular weight excluding hydrogens is 341 g/mol. The van der Waals surface area contributed by atoms with Gasteiger partial charge < -0.3 is 0 Å². The van der Waals surface area contributed by atoms with Crippen LogP contribution in [0.2, 0.25) is 8.36 Å². The van der Waals surface area contributed by atoms with Crippen molar-refractivity contribution in [2.75, 3.05) is 7.11 Å². The molecule has 68 valence electrons. The number of methoxy groups -OCH3 is 1. The Hall–Kier alpha value is 0.855. The zero-order valence-electron chi connectivity index (χ0n) is 8.12. The molecule has 1 aliphatic rings. The van der Waals surface area contributed by atoms with Crippen molar-refractivity contribution in [2.24, 2.45) is 5.92 Å². The van der Waals surface area contributed by atoms with Gasteiger partial charge >= 0.3 is 87.3 Å². The maximum atomic E-state index is 9.76. The number of rotatable bonds is 3. The molecule has 0 radical (unpaired) electrons. The fourth-order valence-electron chi connectivity index (χ4n) is 2.21. The van der Waals surface area contributed by atoms with Crippen LogP contribution >= 0.6 is 0 Å². The van der Waals surface area contributed by atoms with Crippen molar-refractivity contribution in [1.82, 2.24) is 0 Å². The molecule has 3 atom stereocenters. The maximum absolute atomic E-state index is 9.76. The van der Waals surface area contributed by atoms with Gasteiger partial charge in [-0.05, 0) is 0 Å². The summed E-state index contributed by atoms with van der Waals surface area (Å²) < 4.78 is 9.10. The quantitative estimate of drug-likeness (QED) is 0.778. The van der Waals surface area contributed by atoms with Gasteiger partial charge in [0.1, 0.15) is 0 Å². The standard InChI is InChI=1S/C8H15O2.CH3.Hg/c1-6-7(9)4-3-5-8(6)10-2;;/h6-9H,1,3-5H2,2H3;1H3;/t6-,7+,8+;;/m0../s1. The molecule has 12 heavy (non-hydrogen) atoms. The van der Waals surface area contributed by atoms with E-state index in [0.717, 1.165) is 19.3 Å². The van der Waals surface area contributed by atoms with Crippen LogP contribution in [0.3, 0.4) is 0 Å². The molecule has 0 unspecified atom stereocenters. The van der Waals surface area contributed by atoms with Gasteiger partial charge in [0.2, 0.25) is 0 Å². The van der Waals surface area contributed by atoms with Crippen LogP contribution in [0.5, 0.6) is 0 Å². The average Bonchev–Trinajstić information content (AvgIpc) is 2.09. The summed E-state index contributed by atoms with van der Waals surface area (Å²) >= 11 is -0.594. The zero-order valence-corrected chi connectivity index (χ0v) is 13.6. The van der Waals surface area contributed by atoms with Crippen molar-refractivity contribution >= 4 is 0 Å². The van der Waals surface area contributed by atoms with Gasteiger partial charge in [-0.1, -0.05) is 0 Å². The molecule has 0 aromatic rings. The van der Waals surface area contributed by atoms with Crippen LogP contribution in [0.1, 0.15) is 19.3 Å². The number of aliphatic hydroxyl groups is 1. The molecule has 0 bridgehead atoms. The first kappa shape index (κ1) is 10.9. The summed E-state index contributed by atoms with van der Waals surface area (Å²) in [6.07, 6.45) is 3.58. The monoisotopic (exact) mass is 360 g/mol. The molecule has 1 rings (SSSR count). The number of aliphatic hydroxyl groups excluding tert-OH is 1. The summed E-state index contributed by atoms with van der Waals surface area (Å²) in [6.45, 7) is 0. The molecule has 1 fully saturated rings. The van der Waals surface area contributed by atoms with E-state index in [-0.39, 0.29) is 6.10 Å². The normalized spacial score (nSPS) is 36.1. The fraction of sp³-hybridized carbons (Fsp3) is 1.00. The first-order chi connectivity index (χ1) is 5.79. The van der Waals surface area contributed by atoms with Gasteiger partial charge in [0.15, 0.2) is 0 Å².